The van der Waals surface area contributed by atoms with Crippen molar-refractivity contribution < 1.29 is 4.79 Å². The van der Waals surface area contributed by atoms with Gasteiger partial charge >= 0.3 is 0 Å². The summed E-state index contributed by atoms with van der Waals surface area (Å²) in [6, 6.07) is 17.8. The van der Waals surface area contributed by atoms with Gasteiger partial charge in [0.25, 0.3) is 0 Å². The monoisotopic (exact) mass is 460 g/mol. The Hall–Kier alpha value is -3.02. The second-order valence-corrected chi connectivity index (χ2v) is 8.47. The van der Waals surface area contributed by atoms with Crippen molar-refractivity contribution in [2.24, 2.45) is 4.99 Å². The van der Waals surface area contributed by atoms with Crippen LogP contribution in [0.4, 0.5) is 5.69 Å². The highest BCUT2D eigenvalue weighted by atomic mass is 16.1. The Balaban J connectivity index is 0.000000287. The third-order valence-electron chi connectivity index (χ3n) is 6.51. The molecule has 0 atom stereocenters. The molecule has 0 saturated heterocycles. The molecule has 0 saturated carbocycles. The average molecular weight is 461 g/mol. The zero-order chi connectivity index (χ0) is 25.0. The van der Waals surface area contributed by atoms with Crippen molar-refractivity contribution in [2.45, 2.75) is 32.9 Å². The van der Waals surface area contributed by atoms with Crippen molar-refractivity contribution in [1.82, 2.24) is 9.80 Å². The number of hydrogen-bond acceptors (Lipinski definition) is 5. The van der Waals surface area contributed by atoms with Gasteiger partial charge in [0.2, 0.25) is 0 Å². The molecule has 0 radical (unpaired) electrons. The minimum absolute atomic E-state index is 0.0325. The highest BCUT2D eigenvalue weighted by molar-refractivity contribution is 5.80. The van der Waals surface area contributed by atoms with Crippen molar-refractivity contribution >= 4 is 18.2 Å². The maximum absolute atomic E-state index is 10.3. The van der Waals surface area contributed by atoms with Crippen LogP contribution < -0.4 is 4.90 Å². The number of carbonyl (C=O) groups is 1. The molecule has 0 heterocycles. The first-order valence-corrected chi connectivity index (χ1v) is 12.1. The zero-order valence-electron chi connectivity index (χ0n) is 21.6. The number of aldehydes is 1. The highest BCUT2D eigenvalue weighted by Gasteiger charge is 2.35. The van der Waals surface area contributed by atoms with E-state index in [0.29, 0.717) is 0 Å². The summed E-state index contributed by atoms with van der Waals surface area (Å²) >= 11 is 0. The second-order valence-electron chi connectivity index (χ2n) is 8.47. The lowest BCUT2D eigenvalue weighted by atomic mass is 9.96. The van der Waals surface area contributed by atoms with Crippen molar-refractivity contribution in [3.63, 3.8) is 0 Å². The maximum atomic E-state index is 10.3. The fraction of sp³-hybridized carbons (Fsp3) is 0.379. The number of allylic oxidation sites excluding steroid dienone is 1. The van der Waals surface area contributed by atoms with Gasteiger partial charge in [0.15, 0.2) is 0 Å². The number of hydrogen-bond donors (Lipinski definition) is 0. The largest absolute Gasteiger partial charge is 0.375 e. The van der Waals surface area contributed by atoms with E-state index in [-0.39, 0.29) is 5.66 Å². The normalized spacial score (nSPS) is 14.6. The van der Waals surface area contributed by atoms with Crippen LogP contribution in [0.1, 0.15) is 43.1 Å². The van der Waals surface area contributed by atoms with Crippen molar-refractivity contribution in [3.8, 4) is 0 Å². The van der Waals surface area contributed by atoms with Gasteiger partial charge in [-0.2, -0.15) is 0 Å². The summed E-state index contributed by atoms with van der Waals surface area (Å²) in [5.74, 6) is 0. The number of likely N-dealkylation sites (N-methyl/N-ethyl adjacent to an activating group) is 2. The van der Waals surface area contributed by atoms with Gasteiger partial charge in [-0.15, -0.1) is 0 Å². The SMILES string of the molecule is CCN(C)C1(N(C)CC)C=CC(N=Cc2ccccc2)=CC1.CCN(C)c1ccc(C=O)cc1. The quantitative estimate of drug-likeness (QED) is 0.281. The number of nitrogens with zero attached hydrogens (tertiary/aromatic N) is 4. The van der Waals surface area contributed by atoms with Crippen LogP contribution in [-0.4, -0.2) is 68.7 Å². The number of anilines is 1. The van der Waals surface area contributed by atoms with Crippen molar-refractivity contribution in [3.05, 3.63) is 89.6 Å². The van der Waals surface area contributed by atoms with Crippen molar-refractivity contribution in [1.29, 1.82) is 0 Å². The van der Waals surface area contributed by atoms with Gasteiger partial charge in [0.1, 0.15) is 6.29 Å². The van der Waals surface area contributed by atoms with Gasteiger partial charge in [0.05, 0.1) is 11.4 Å². The molecule has 0 aromatic heterocycles. The minimum atomic E-state index is -0.0325. The molecule has 0 aliphatic heterocycles. The molecule has 1 aliphatic carbocycles. The fourth-order valence-corrected chi connectivity index (χ4v) is 3.79. The van der Waals surface area contributed by atoms with Crippen LogP contribution in [0, 0.1) is 0 Å². The first-order valence-electron chi connectivity index (χ1n) is 12.1. The highest BCUT2D eigenvalue weighted by Crippen LogP contribution is 2.29. The molecule has 1 aliphatic rings. The smallest absolute Gasteiger partial charge is 0.150 e. The summed E-state index contributed by atoms with van der Waals surface area (Å²) in [4.78, 5) is 21.8. The van der Waals surface area contributed by atoms with Crippen LogP contribution >= 0.6 is 0 Å². The first-order chi connectivity index (χ1) is 16.4. The third kappa shape index (κ3) is 7.24. The Morgan fingerprint density at radius 1 is 0.853 bits per heavy atom. The van der Waals surface area contributed by atoms with E-state index in [0.717, 1.165) is 54.9 Å². The molecule has 0 spiro atoms. The second kappa shape index (κ2) is 13.6. The molecule has 3 rings (SSSR count). The van der Waals surface area contributed by atoms with Crippen LogP contribution in [0.3, 0.4) is 0 Å². The van der Waals surface area contributed by atoms with Gasteiger partial charge in [-0.3, -0.25) is 19.6 Å². The van der Waals surface area contributed by atoms with E-state index in [1.807, 2.05) is 55.7 Å². The molecule has 34 heavy (non-hydrogen) atoms. The molecule has 0 unspecified atom stereocenters. The van der Waals surface area contributed by atoms with Crippen molar-refractivity contribution in [2.75, 3.05) is 45.7 Å². The number of rotatable bonds is 9. The Morgan fingerprint density at radius 3 is 1.94 bits per heavy atom. The summed E-state index contributed by atoms with van der Waals surface area (Å²) in [7, 11) is 6.39. The Labute approximate surface area is 206 Å². The van der Waals surface area contributed by atoms with E-state index in [1.165, 1.54) is 0 Å². The lowest BCUT2D eigenvalue weighted by Crippen LogP contribution is -2.56. The predicted octanol–water partition coefficient (Wildman–Crippen LogP) is 5.50. The molecule has 182 valence electrons. The molecule has 2 aromatic carbocycles. The number of benzene rings is 2. The van der Waals surface area contributed by atoms with Gasteiger partial charge in [-0.1, -0.05) is 50.3 Å². The van der Waals surface area contributed by atoms with Gasteiger partial charge < -0.3 is 4.90 Å². The average Bonchev–Trinajstić information content (AvgIpc) is 2.91. The zero-order valence-corrected chi connectivity index (χ0v) is 21.6. The lowest BCUT2D eigenvalue weighted by molar-refractivity contribution is 0.0201. The van der Waals surface area contributed by atoms with Crippen LogP contribution in [0.15, 0.2) is 83.5 Å². The van der Waals surface area contributed by atoms with E-state index in [1.54, 1.807) is 0 Å². The molecular weight excluding hydrogens is 420 g/mol. The molecular formula is C29H40N4O. The topological polar surface area (TPSA) is 39.1 Å². The van der Waals surface area contributed by atoms with Crippen LogP contribution in [0.25, 0.3) is 0 Å². The van der Waals surface area contributed by atoms with Crippen LogP contribution in [0.5, 0.6) is 0 Å². The Bertz CT molecular complexity index is 953. The first kappa shape index (κ1) is 27.2. The molecule has 0 amide bonds. The summed E-state index contributed by atoms with van der Waals surface area (Å²) in [6.07, 6.45) is 10.4. The summed E-state index contributed by atoms with van der Waals surface area (Å²) in [5, 5.41) is 0. The van der Waals surface area contributed by atoms with Gasteiger partial charge in [-0.25, -0.2) is 0 Å². The van der Waals surface area contributed by atoms with Crippen LogP contribution in [0.2, 0.25) is 0 Å². The Morgan fingerprint density at radius 2 is 1.47 bits per heavy atom. The summed E-state index contributed by atoms with van der Waals surface area (Å²) in [6.45, 7) is 9.50. The molecule has 0 bridgehead atoms. The van der Waals surface area contributed by atoms with Gasteiger partial charge in [0, 0.05) is 37.5 Å². The molecule has 5 nitrogen and oxygen atoms in total. The van der Waals surface area contributed by atoms with E-state index in [4.69, 9.17) is 0 Å². The number of carbonyl (C=O) groups excluding carboxylic acids is 1. The fourth-order valence-electron chi connectivity index (χ4n) is 3.79. The minimum Gasteiger partial charge on any atom is -0.375 e. The number of aliphatic imine (C=N–C) groups is 1. The summed E-state index contributed by atoms with van der Waals surface area (Å²) in [5.41, 5.74) is 4.00. The maximum Gasteiger partial charge on any atom is 0.150 e. The predicted molar refractivity (Wildman–Crippen MR) is 146 cm³/mol. The molecule has 0 fully saturated rings. The molecule has 2 aromatic rings. The van der Waals surface area contributed by atoms with Gasteiger partial charge in [-0.05, 0) is 76.1 Å². The lowest BCUT2D eigenvalue weighted by Gasteiger charge is -2.46. The van der Waals surface area contributed by atoms with E-state index < -0.39 is 0 Å². The molecule has 0 N–H and O–H groups in total. The van der Waals surface area contributed by atoms with E-state index in [2.05, 4.69) is 84.9 Å². The van der Waals surface area contributed by atoms with E-state index >= 15 is 0 Å². The van der Waals surface area contributed by atoms with E-state index in [9.17, 15) is 4.79 Å². The third-order valence-corrected chi connectivity index (χ3v) is 6.51. The Kier molecular flexibility index (Phi) is 10.9. The molecule has 5 heteroatoms. The van der Waals surface area contributed by atoms with Crippen LogP contribution in [-0.2, 0) is 0 Å². The standard InChI is InChI=1S/C19H27N3.C10H13NO/c1-5-21(3)19(22(4)6-2)14-12-18(13-15-19)20-16-17-10-8-7-9-11-17;1-3-11(2)10-6-4-9(8-12)5-7-10/h7-14,16H,5-6,15H2,1-4H3;4-8H,3H2,1-2H3. The summed E-state index contributed by atoms with van der Waals surface area (Å²) < 4.78 is 0.